The van der Waals surface area contributed by atoms with Crippen LogP contribution in [0, 0.1) is 0 Å². The third kappa shape index (κ3) is 4.96. The molecule has 0 fully saturated rings. The summed E-state index contributed by atoms with van der Waals surface area (Å²) in [4.78, 5) is 12.4. The molecular weight excluding hydrogens is 156 g/mol. The number of hydrogen-bond acceptors (Lipinski definition) is 2. The minimum atomic E-state index is -0.418. The van der Waals surface area contributed by atoms with Crippen LogP contribution in [-0.4, -0.2) is 42.8 Å². The van der Waals surface area contributed by atoms with Crippen LogP contribution in [0.4, 0.5) is 4.79 Å². The van der Waals surface area contributed by atoms with E-state index in [1.54, 1.807) is 14.1 Å². The maximum absolute atomic E-state index is 11.0. The molecule has 0 aliphatic carbocycles. The van der Waals surface area contributed by atoms with Gasteiger partial charge in [-0.3, -0.25) is 0 Å². The van der Waals surface area contributed by atoms with Crippen LogP contribution >= 0.6 is 0 Å². The molecule has 0 aromatic rings. The van der Waals surface area contributed by atoms with Crippen molar-refractivity contribution in [2.24, 2.45) is 0 Å². The SMILES string of the molecule is CCCC(O)CNC(=O)N(C)C. The van der Waals surface area contributed by atoms with Crippen LogP contribution in [0.15, 0.2) is 0 Å². The Bertz CT molecular complexity index is 137. The molecule has 0 aromatic carbocycles. The Balaban J connectivity index is 3.47. The first-order valence-corrected chi connectivity index (χ1v) is 4.21. The number of carbonyl (C=O) groups is 1. The quantitative estimate of drug-likeness (QED) is 0.649. The van der Waals surface area contributed by atoms with Gasteiger partial charge in [-0.2, -0.15) is 0 Å². The number of hydrogen-bond donors (Lipinski definition) is 2. The Hall–Kier alpha value is -0.770. The van der Waals surface area contributed by atoms with Gasteiger partial charge in [-0.25, -0.2) is 4.79 Å². The fourth-order valence-corrected chi connectivity index (χ4v) is 0.799. The zero-order valence-electron chi connectivity index (χ0n) is 8.00. The van der Waals surface area contributed by atoms with Gasteiger partial charge in [-0.05, 0) is 6.42 Å². The van der Waals surface area contributed by atoms with E-state index < -0.39 is 6.10 Å². The predicted molar refractivity (Wildman–Crippen MR) is 48.0 cm³/mol. The standard InChI is InChI=1S/C8H18N2O2/c1-4-5-7(11)6-9-8(12)10(2)3/h7,11H,4-6H2,1-3H3,(H,9,12). The highest BCUT2D eigenvalue weighted by Gasteiger charge is 2.06. The summed E-state index contributed by atoms with van der Waals surface area (Å²) < 4.78 is 0. The van der Waals surface area contributed by atoms with Crippen molar-refractivity contribution in [3.05, 3.63) is 0 Å². The maximum Gasteiger partial charge on any atom is 0.316 e. The lowest BCUT2D eigenvalue weighted by Gasteiger charge is -2.14. The van der Waals surface area contributed by atoms with Crippen molar-refractivity contribution < 1.29 is 9.90 Å². The largest absolute Gasteiger partial charge is 0.391 e. The van der Waals surface area contributed by atoms with Gasteiger partial charge in [0, 0.05) is 20.6 Å². The summed E-state index contributed by atoms with van der Waals surface area (Å²) in [6.07, 6.45) is 1.24. The van der Waals surface area contributed by atoms with E-state index in [1.807, 2.05) is 6.92 Å². The first-order valence-electron chi connectivity index (χ1n) is 4.21. The molecule has 4 nitrogen and oxygen atoms in total. The van der Waals surface area contributed by atoms with Crippen molar-refractivity contribution in [2.45, 2.75) is 25.9 Å². The summed E-state index contributed by atoms with van der Waals surface area (Å²) >= 11 is 0. The van der Waals surface area contributed by atoms with Crippen molar-refractivity contribution in [2.75, 3.05) is 20.6 Å². The summed E-state index contributed by atoms with van der Waals surface area (Å²) in [5, 5.41) is 11.9. The molecule has 2 N–H and O–H groups in total. The molecule has 12 heavy (non-hydrogen) atoms. The normalized spacial score (nSPS) is 12.3. The first-order chi connectivity index (χ1) is 5.57. The maximum atomic E-state index is 11.0. The number of urea groups is 1. The highest BCUT2D eigenvalue weighted by molar-refractivity contribution is 5.73. The van der Waals surface area contributed by atoms with Gasteiger partial charge < -0.3 is 15.3 Å². The molecular formula is C8H18N2O2. The van der Waals surface area contributed by atoms with E-state index in [0.29, 0.717) is 6.54 Å². The highest BCUT2D eigenvalue weighted by atomic mass is 16.3. The van der Waals surface area contributed by atoms with Crippen LogP contribution in [0.5, 0.6) is 0 Å². The topological polar surface area (TPSA) is 52.6 Å². The summed E-state index contributed by atoms with van der Waals surface area (Å²) in [7, 11) is 3.34. The van der Waals surface area contributed by atoms with Gasteiger partial charge in [0.2, 0.25) is 0 Å². The third-order valence-corrected chi connectivity index (χ3v) is 1.52. The predicted octanol–water partition coefficient (Wildman–Crippen LogP) is 0.419. The van der Waals surface area contributed by atoms with Crippen molar-refractivity contribution in [3.8, 4) is 0 Å². The molecule has 4 heteroatoms. The summed E-state index contributed by atoms with van der Waals surface area (Å²) in [5.41, 5.74) is 0. The molecule has 1 atom stereocenters. The number of rotatable bonds is 4. The second-order valence-electron chi connectivity index (χ2n) is 3.02. The van der Waals surface area contributed by atoms with Crippen LogP contribution in [0.2, 0.25) is 0 Å². The van der Waals surface area contributed by atoms with Crippen molar-refractivity contribution >= 4 is 6.03 Å². The summed E-state index contributed by atoms with van der Waals surface area (Å²) in [6.45, 7) is 2.34. The van der Waals surface area contributed by atoms with E-state index >= 15 is 0 Å². The van der Waals surface area contributed by atoms with E-state index in [4.69, 9.17) is 0 Å². The third-order valence-electron chi connectivity index (χ3n) is 1.52. The zero-order chi connectivity index (χ0) is 9.56. The van der Waals surface area contributed by atoms with Crippen LogP contribution in [-0.2, 0) is 0 Å². The molecule has 0 radical (unpaired) electrons. The molecule has 2 amide bonds. The lowest BCUT2D eigenvalue weighted by atomic mass is 10.2. The second-order valence-corrected chi connectivity index (χ2v) is 3.02. The molecule has 0 saturated carbocycles. The van der Waals surface area contributed by atoms with Crippen LogP contribution < -0.4 is 5.32 Å². The molecule has 0 rings (SSSR count). The van der Waals surface area contributed by atoms with Gasteiger partial charge in [0.1, 0.15) is 0 Å². The fourth-order valence-electron chi connectivity index (χ4n) is 0.799. The Morgan fingerprint density at radius 1 is 1.58 bits per heavy atom. The number of amides is 2. The lowest BCUT2D eigenvalue weighted by molar-refractivity contribution is 0.156. The van der Waals surface area contributed by atoms with E-state index in [9.17, 15) is 9.90 Å². The zero-order valence-corrected chi connectivity index (χ0v) is 8.00. The molecule has 1 unspecified atom stereocenters. The lowest BCUT2D eigenvalue weighted by Crippen LogP contribution is -2.38. The Morgan fingerprint density at radius 3 is 2.58 bits per heavy atom. The molecule has 0 saturated heterocycles. The van der Waals surface area contributed by atoms with Crippen molar-refractivity contribution in [1.29, 1.82) is 0 Å². The van der Waals surface area contributed by atoms with Crippen LogP contribution in [0.3, 0.4) is 0 Å². The number of aliphatic hydroxyl groups excluding tert-OH is 1. The summed E-state index contributed by atoms with van der Waals surface area (Å²) in [5.74, 6) is 0. The van der Waals surface area contributed by atoms with E-state index in [1.165, 1.54) is 4.90 Å². The first kappa shape index (κ1) is 11.2. The number of nitrogens with one attached hydrogen (secondary N) is 1. The number of nitrogens with zero attached hydrogens (tertiary/aromatic N) is 1. The smallest absolute Gasteiger partial charge is 0.316 e. The minimum absolute atomic E-state index is 0.162. The number of aliphatic hydroxyl groups is 1. The van der Waals surface area contributed by atoms with Crippen molar-refractivity contribution in [3.63, 3.8) is 0 Å². The minimum Gasteiger partial charge on any atom is -0.391 e. The molecule has 0 spiro atoms. The van der Waals surface area contributed by atoms with E-state index in [2.05, 4.69) is 5.32 Å². The molecule has 0 aromatic heterocycles. The van der Waals surface area contributed by atoms with Gasteiger partial charge in [0.15, 0.2) is 0 Å². The Kier molecular flexibility index (Phi) is 5.45. The van der Waals surface area contributed by atoms with Crippen molar-refractivity contribution in [1.82, 2.24) is 10.2 Å². The van der Waals surface area contributed by atoms with Gasteiger partial charge in [-0.1, -0.05) is 13.3 Å². The average Bonchev–Trinajstić information content (AvgIpc) is 2.00. The highest BCUT2D eigenvalue weighted by Crippen LogP contribution is 1.93. The van der Waals surface area contributed by atoms with E-state index in [-0.39, 0.29) is 6.03 Å². The van der Waals surface area contributed by atoms with Gasteiger partial charge >= 0.3 is 6.03 Å². The summed E-state index contributed by atoms with van der Waals surface area (Å²) in [6, 6.07) is -0.162. The van der Waals surface area contributed by atoms with Gasteiger partial charge in [0.25, 0.3) is 0 Å². The van der Waals surface area contributed by atoms with E-state index in [0.717, 1.165) is 12.8 Å². The molecule has 72 valence electrons. The molecule has 0 heterocycles. The number of carbonyl (C=O) groups excluding carboxylic acids is 1. The van der Waals surface area contributed by atoms with Gasteiger partial charge in [-0.15, -0.1) is 0 Å². The molecule has 0 bridgehead atoms. The Morgan fingerprint density at radius 2 is 2.17 bits per heavy atom. The van der Waals surface area contributed by atoms with Gasteiger partial charge in [0.05, 0.1) is 6.10 Å². The Labute approximate surface area is 73.6 Å². The molecule has 0 aliphatic heterocycles. The second kappa shape index (κ2) is 5.83. The van der Waals surface area contributed by atoms with Crippen LogP contribution in [0.25, 0.3) is 0 Å². The van der Waals surface area contributed by atoms with Crippen LogP contribution in [0.1, 0.15) is 19.8 Å². The molecule has 0 aliphatic rings. The average molecular weight is 174 g/mol. The fraction of sp³-hybridized carbons (Fsp3) is 0.875. The monoisotopic (exact) mass is 174 g/mol.